The first-order valence-electron chi connectivity index (χ1n) is 10.8. The normalized spacial score (nSPS) is 16.5. The fourth-order valence-electron chi connectivity index (χ4n) is 4.89. The van der Waals surface area contributed by atoms with Gasteiger partial charge in [-0.25, -0.2) is 0 Å². The minimum absolute atomic E-state index is 0.161. The number of rotatable bonds is 1. The molecule has 0 saturated carbocycles. The van der Waals surface area contributed by atoms with Gasteiger partial charge in [0.1, 0.15) is 16.4 Å². The molecule has 0 bridgehead atoms. The molecule has 2 aromatic heterocycles. The molecule has 0 amide bonds. The number of aryl methyl sites for hydroxylation is 3. The van der Waals surface area contributed by atoms with Crippen LogP contribution in [0, 0.1) is 6.92 Å². The van der Waals surface area contributed by atoms with Crippen LogP contribution >= 0.6 is 11.3 Å². The number of aliphatic hydroxyl groups is 1. The number of hydrogen-bond acceptors (Lipinski definition) is 4. The standard InChI is InChI=1S/C26H22N2O2S/c1-15-10-12-16(13-11-15)23(29)21-18-7-3-2-6-17(18)14-28-24(21)27-25(30)22-19-8-4-5-9-20(19)31-26(22)28/h2-3,6-7,10-13,29H,4-5,8-9,14H2,1H3/b23-21+. The molecule has 2 aromatic carbocycles. The zero-order valence-corrected chi connectivity index (χ0v) is 18.1. The zero-order valence-electron chi connectivity index (χ0n) is 17.3. The predicted molar refractivity (Wildman–Crippen MR) is 126 cm³/mol. The lowest BCUT2D eigenvalue weighted by atomic mass is 9.92. The van der Waals surface area contributed by atoms with Crippen LogP contribution in [0.15, 0.2) is 53.3 Å². The van der Waals surface area contributed by atoms with Crippen molar-refractivity contribution >= 4 is 32.9 Å². The highest BCUT2D eigenvalue weighted by Gasteiger charge is 2.29. The summed E-state index contributed by atoms with van der Waals surface area (Å²) in [5.74, 6) is 0.723. The number of thiophene rings is 1. The van der Waals surface area contributed by atoms with Crippen LogP contribution in [-0.4, -0.2) is 14.7 Å². The Kier molecular flexibility index (Phi) is 4.15. The summed E-state index contributed by atoms with van der Waals surface area (Å²) in [7, 11) is 0. The molecule has 4 nitrogen and oxygen atoms in total. The lowest BCUT2D eigenvalue weighted by Gasteiger charge is -2.25. The second kappa shape index (κ2) is 6.92. The van der Waals surface area contributed by atoms with E-state index < -0.39 is 0 Å². The molecule has 0 atom stereocenters. The van der Waals surface area contributed by atoms with E-state index >= 15 is 0 Å². The van der Waals surface area contributed by atoms with E-state index in [-0.39, 0.29) is 11.3 Å². The van der Waals surface area contributed by atoms with Crippen molar-refractivity contribution in [2.75, 3.05) is 0 Å². The molecule has 0 fully saturated rings. The van der Waals surface area contributed by atoms with E-state index in [1.165, 1.54) is 16.9 Å². The summed E-state index contributed by atoms with van der Waals surface area (Å²) in [4.78, 5) is 20.1. The van der Waals surface area contributed by atoms with Crippen LogP contribution in [-0.2, 0) is 19.4 Å². The van der Waals surface area contributed by atoms with Crippen molar-refractivity contribution in [3.05, 3.63) is 97.4 Å². The molecule has 2 aliphatic rings. The Morgan fingerprint density at radius 3 is 2.68 bits per heavy atom. The molecular formula is C26H22N2O2S. The van der Waals surface area contributed by atoms with Gasteiger partial charge in [0.25, 0.3) is 5.56 Å². The molecular weight excluding hydrogens is 404 g/mol. The van der Waals surface area contributed by atoms with Gasteiger partial charge in [-0.2, -0.15) is 4.98 Å². The van der Waals surface area contributed by atoms with Crippen LogP contribution in [0.2, 0.25) is 0 Å². The van der Waals surface area contributed by atoms with Gasteiger partial charge in [0.15, 0.2) is 0 Å². The highest BCUT2D eigenvalue weighted by molar-refractivity contribution is 7.18. The molecule has 6 rings (SSSR count). The minimum Gasteiger partial charge on any atom is -0.507 e. The van der Waals surface area contributed by atoms with Crippen molar-refractivity contribution in [3.8, 4) is 0 Å². The number of fused-ring (bicyclic) bond motifs is 6. The molecule has 0 spiro atoms. The van der Waals surface area contributed by atoms with Gasteiger partial charge in [0.05, 0.1) is 17.5 Å². The number of benzene rings is 2. The van der Waals surface area contributed by atoms with Crippen molar-refractivity contribution in [3.63, 3.8) is 0 Å². The average molecular weight is 427 g/mol. The smallest absolute Gasteiger partial charge is 0.282 e. The molecule has 31 heavy (non-hydrogen) atoms. The maximum absolute atomic E-state index is 13.2. The monoisotopic (exact) mass is 426 g/mol. The number of nitrogens with zero attached hydrogens (tertiary/aromatic N) is 2. The summed E-state index contributed by atoms with van der Waals surface area (Å²) in [5, 5.41) is 12.2. The van der Waals surface area contributed by atoms with Gasteiger partial charge < -0.3 is 9.67 Å². The maximum atomic E-state index is 13.2. The molecule has 0 radical (unpaired) electrons. The second-order valence-electron chi connectivity index (χ2n) is 8.46. The van der Waals surface area contributed by atoms with Gasteiger partial charge in [-0.15, -0.1) is 11.3 Å². The van der Waals surface area contributed by atoms with Gasteiger partial charge in [0.2, 0.25) is 0 Å². The van der Waals surface area contributed by atoms with E-state index in [0.717, 1.165) is 51.7 Å². The van der Waals surface area contributed by atoms with E-state index in [2.05, 4.69) is 15.6 Å². The summed E-state index contributed by atoms with van der Waals surface area (Å²) in [6, 6.07) is 15.9. The summed E-state index contributed by atoms with van der Waals surface area (Å²) < 4.78 is 2.14. The highest BCUT2D eigenvalue weighted by atomic mass is 32.1. The maximum Gasteiger partial charge on any atom is 0.282 e. The first-order chi connectivity index (χ1) is 15.1. The topological polar surface area (TPSA) is 55.1 Å². The molecule has 5 heteroatoms. The van der Waals surface area contributed by atoms with Gasteiger partial charge in [-0.1, -0.05) is 54.1 Å². The number of aliphatic hydroxyl groups excluding tert-OH is 1. The first kappa shape index (κ1) is 18.6. The molecule has 1 aliphatic heterocycles. The van der Waals surface area contributed by atoms with Crippen LogP contribution in [0.3, 0.4) is 0 Å². The van der Waals surface area contributed by atoms with Crippen molar-refractivity contribution in [1.29, 1.82) is 0 Å². The first-order valence-corrected chi connectivity index (χ1v) is 11.6. The fraction of sp³-hybridized carbons (Fsp3) is 0.231. The summed E-state index contributed by atoms with van der Waals surface area (Å²) >= 11 is 1.73. The molecule has 3 heterocycles. The molecule has 154 valence electrons. The average Bonchev–Trinajstić information content (AvgIpc) is 3.19. The van der Waals surface area contributed by atoms with Gasteiger partial charge >= 0.3 is 0 Å². The van der Waals surface area contributed by atoms with E-state index in [1.807, 2.05) is 49.4 Å². The van der Waals surface area contributed by atoms with Gasteiger partial charge in [0, 0.05) is 10.4 Å². The Balaban J connectivity index is 1.69. The van der Waals surface area contributed by atoms with Crippen LogP contribution in [0.4, 0.5) is 0 Å². The van der Waals surface area contributed by atoms with E-state index in [1.54, 1.807) is 11.3 Å². The predicted octanol–water partition coefficient (Wildman–Crippen LogP) is 5.48. The quantitative estimate of drug-likeness (QED) is 0.361. The van der Waals surface area contributed by atoms with Crippen LogP contribution in [0.1, 0.15) is 51.4 Å². The third-order valence-electron chi connectivity index (χ3n) is 6.48. The van der Waals surface area contributed by atoms with Crippen LogP contribution < -0.4 is 5.56 Å². The zero-order chi connectivity index (χ0) is 21.1. The summed E-state index contributed by atoms with van der Waals surface area (Å²) in [6.45, 7) is 2.68. The number of hydrogen-bond donors (Lipinski definition) is 1. The summed E-state index contributed by atoms with van der Waals surface area (Å²) in [5.41, 5.74) is 5.58. The molecule has 0 unspecified atom stereocenters. The number of aromatic nitrogens is 2. The third-order valence-corrected chi connectivity index (χ3v) is 7.79. The Hall–Kier alpha value is -3.18. The Morgan fingerprint density at radius 1 is 1.06 bits per heavy atom. The minimum atomic E-state index is -0.172. The van der Waals surface area contributed by atoms with Crippen molar-refractivity contribution in [2.45, 2.75) is 39.2 Å². The summed E-state index contributed by atoms with van der Waals surface area (Å²) in [6.07, 6.45) is 4.30. The molecule has 1 N–H and O–H groups in total. The van der Waals surface area contributed by atoms with Gasteiger partial charge in [-0.05, 0) is 49.3 Å². The van der Waals surface area contributed by atoms with E-state index in [4.69, 9.17) is 0 Å². The largest absolute Gasteiger partial charge is 0.507 e. The molecule has 1 aliphatic carbocycles. The Bertz CT molecular complexity index is 1440. The van der Waals surface area contributed by atoms with Crippen molar-refractivity contribution in [1.82, 2.24) is 9.55 Å². The SMILES string of the molecule is Cc1ccc(/C(O)=C2/c3ccccc3Cn3c2nc(=O)c2c4c(sc23)CCCC4)cc1. The molecule has 4 aromatic rings. The Labute approximate surface area is 184 Å². The Morgan fingerprint density at radius 2 is 1.84 bits per heavy atom. The van der Waals surface area contributed by atoms with E-state index in [9.17, 15) is 9.90 Å². The lowest BCUT2D eigenvalue weighted by Crippen LogP contribution is -2.23. The van der Waals surface area contributed by atoms with Crippen LogP contribution in [0.25, 0.3) is 21.5 Å². The lowest BCUT2D eigenvalue weighted by molar-refractivity contribution is 0.512. The second-order valence-corrected chi connectivity index (χ2v) is 9.55. The molecule has 0 saturated heterocycles. The van der Waals surface area contributed by atoms with Gasteiger partial charge in [-0.3, -0.25) is 4.79 Å². The van der Waals surface area contributed by atoms with Crippen molar-refractivity contribution in [2.24, 2.45) is 0 Å². The fourth-order valence-corrected chi connectivity index (χ4v) is 6.27. The van der Waals surface area contributed by atoms with Crippen molar-refractivity contribution < 1.29 is 5.11 Å². The third kappa shape index (κ3) is 2.80. The highest BCUT2D eigenvalue weighted by Crippen LogP contribution is 2.40. The van der Waals surface area contributed by atoms with Crippen LogP contribution in [0.5, 0.6) is 0 Å². The van der Waals surface area contributed by atoms with E-state index in [0.29, 0.717) is 17.9 Å².